The predicted molar refractivity (Wildman–Crippen MR) is 94.4 cm³/mol. The SMILES string of the molecule is CCc1ccc(CN(C)C(=O)/C=C/c2ccccc2[N+](=O)[O-])cc1. The first-order valence-corrected chi connectivity index (χ1v) is 7.75. The maximum absolute atomic E-state index is 12.2. The molecule has 0 aliphatic carbocycles. The zero-order valence-electron chi connectivity index (χ0n) is 13.8. The molecule has 124 valence electrons. The molecular formula is C19H20N2O3. The summed E-state index contributed by atoms with van der Waals surface area (Å²) in [7, 11) is 1.71. The minimum atomic E-state index is -0.455. The topological polar surface area (TPSA) is 63.5 Å². The normalized spacial score (nSPS) is 10.8. The van der Waals surface area contributed by atoms with Crippen LogP contribution in [0.3, 0.4) is 0 Å². The van der Waals surface area contributed by atoms with Crippen LogP contribution >= 0.6 is 0 Å². The fourth-order valence-corrected chi connectivity index (χ4v) is 2.32. The molecule has 0 atom stereocenters. The minimum Gasteiger partial charge on any atom is -0.338 e. The third-order valence-electron chi connectivity index (χ3n) is 3.77. The fraction of sp³-hybridized carbons (Fsp3) is 0.211. The third-order valence-corrected chi connectivity index (χ3v) is 3.77. The number of carbonyl (C=O) groups is 1. The van der Waals surface area contributed by atoms with Crippen LogP contribution in [0.4, 0.5) is 5.69 Å². The van der Waals surface area contributed by atoms with Crippen molar-refractivity contribution in [2.45, 2.75) is 19.9 Å². The maximum Gasteiger partial charge on any atom is 0.276 e. The number of benzene rings is 2. The lowest BCUT2D eigenvalue weighted by Crippen LogP contribution is -2.24. The van der Waals surface area contributed by atoms with E-state index in [1.807, 2.05) is 12.1 Å². The minimum absolute atomic E-state index is 0.0145. The number of likely N-dealkylation sites (N-methyl/N-ethyl adjacent to an activating group) is 1. The number of rotatable bonds is 6. The van der Waals surface area contributed by atoms with Crippen molar-refractivity contribution in [3.63, 3.8) is 0 Å². The molecule has 0 aromatic heterocycles. The first-order valence-electron chi connectivity index (χ1n) is 7.75. The second kappa shape index (κ2) is 8.06. The molecule has 1 amide bonds. The Hall–Kier alpha value is -2.95. The van der Waals surface area contributed by atoms with Crippen molar-refractivity contribution in [1.82, 2.24) is 4.90 Å². The molecule has 2 aromatic rings. The molecule has 0 unspecified atom stereocenters. The summed E-state index contributed by atoms with van der Waals surface area (Å²) in [6, 6.07) is 14.5. The van der Waals surface area contributed by atoms with Gasteiger partial charge in [0.2, 0.25) is 5.91 Å². The highest BCUT2D eigenvalue weighted by Gasteiger charge is 2.11. The summed E-state index contributed by atoms with van der Waals surface area (Å²) in [5.41, 5.74) is 2.70. The van der Waals surface area contributed by atoms with Crippen LogP contribution in [0, 0.1) is 10.1 Å². The molecule has 5 heteroatoms. The Balaban J connectivity index is 2.04. The number of nitro benzene ring substituents is 1. The van der Waals surface area contributed by atoms with E-state index < -0.39 is 4.92 Å². The largest absolute Gasteiger partial charge is 0.338 e. The molecule has 24 heavy (non-hydrogen) atoms. The van der Waals surface area contributed by atoms with Crippen LogP contribution in [-0.2, 0) is 17.8 Å². The number of nitrogens with zero attached hydrogens (tertiary/aromatic N) is 2. The molecule has 0 aliphatic heterocycles. The lowest BCUT2D eigenvalue weighted by Gasteiger charge is -2.15. The predicted octanol–water partition coefficient (Wildman–Crippen LogP) is 3.83. The van der Waals surface area contributed by atoms with Crippen molar-refractivity contribution in [3.05, 3.63) is 81.4 Å². The molecule has 0 saturated heterocycles. The van der Waals surface area contributed by atoms with Crippen LogP contribution in [0.5, 0.6) is 0 Å². The average molecular weight is 324 g/mol. The van der Waals surface area contributed by atoms with Crippen LogP contribution in [0.2, 0.25) is 0 Å². The van der Waals surface area contributed by atoms with E-state index in [2.05, 4.69) is 19.1 Å². The van der Waals surface area contributed by atoms with Crippen molar-refractivity contribution >= 4 is 17.7 Å². The standard InChI is InChI=1S/C19H20N2O3/c1-3-15-8-10-16(11-9-15)14-20(2)19(22)13-12-17-6-4-5-7-18(17)21(23)24/h4-13H,3,14H2,1-2H3/b13-12+. The summed E-state index contributed by atoms with van der Waals surface area (Å²) in [6.45, 7) is 2.59. The van der Waals surface area contributed by atoms with Gasteiger partial charge in [-0.05, 0) is 29.7 Å². The van der Waals surface area contributed by atoms with E-state index in [-0.39, 0.29) is 11.6 Å². The zero-order valence-corrected chi connectivity index (χ0v) is 13.8. The first-order chi connectivity index (χ1) is 11.5. The van der Waals surface area contributed by atoms with Gasteiger partial charge in [0.05, 0.1) is 10.5 Å². The summed E-state index contributed by atoms with van der Waals surface area (Å²) in [5.74, 6) is -0.201. The molecular weight excluding hydrogens is 304 g/mol. The highest BCUT2D eigenvalue weighted by Crippen LogP contribution is 2.19. The summed E-state index contributed by atoms with van der Waals surface area (Å²) < 4.78 is 0. The van der Waals surface area contributed by atoms with Crippen molar-refractivity contribution < 1.29 is 9.72 Å². The second-order valence-electron chi connectivity index (χ2n) is 5.51. The molecule has 0 aliphatic rings. The quantitative estimate of drug-likeness (QED) is 0.461. The summed E-state index contributed by atoms with van der Waals surface area (Å²) in [5, 5.41) is 11.0. The fourth-order valence-electron chi connectivity index (χ4n) is 2.32. The van der Waals surface area contributed by atoms with Crippen LogP contribution in [0.1, 0.15) is 23.6 Å². The van der Waals surface area contributed by atoms with E-state index in [1.165, 1.54) is 23.8 Å². The highest BCUT2D eigenvalue weighted by molar-refractivity contribution is 5.92. The van der Waals surface area contributed by atoms with E-state index in [0.717, 1.165) is 12.0 Å². The second-order valence-corrected chi connectivity index (χ2v) is 5.51. The lowest BCUT2D eigenvalue weighted by molar-refractivity contribution is -0.385. The number of nitro groups is 1. The molecule has 0 fully saturated rings. The van der Waals surface area contributed by atoms with Crippen LogP contribution in [0.15, 0.2) is 54.6 Å². The van der Waals surface area contributed by atoms with Gasteiger partial charge in [-0.3, -0.25) is 14.9 Å². The summed E-state index contributed by atoms with van der Waals surface area (Å²) in [4.78, 5) is 24.3. The van der Waals surface area contributed by atoms with Gasteiger partial charge in [-0.1, -0.05) is 43.3 Å². The van der Waals surface area contributed by atoms with Gasteiger partial charge in [-0.15, -0.1) is 0 Å². The monoisotopic (exact) mass is 324 g/mol. The molecule has 0 bridgehead atoms. The van der Waals surface area contributed by atoms with Gasteiger partial charge in [0, 0.05) is 25.7 Å². The van der Waals surface area contributed by atoms with Gasteiger partial charge in [0.25, 0.3) is 5.69 Å². The number of aryl methyl sites for hydroxylation is 1. The lowest BCUT2D eigenvalue weighted by atomic mass is 10.1. The maximum atomic E-state index is 12.2. The molecule has 5 nitrogen and oxygen atoms in total. The Morgan fingerprint density at radius 1 is 1.12 bits per heavy atom. The number of carbonyl (C=O) groups excluding carboxylic acids is 1. The zero-order chi connectivity index (χ0) is 17.5. The number of amides is 1. The van der Waals surface area contributed by atoms with Crippen molar-refractivity contribution in [3.8, 4) is 0 Å². The molecule has 2 rings (SSSR count). The summed E-state index contributed by atoms with van der Waals surface area (Å²) >= 11 is 0. The molecule has 0 saturated carbocycles. The number of para-hydroxylation sites is 1. The Labute approximate surface area is 141 Å². The van der Waals surface area contributed by atoms with Crippen molar-refractivity contribution in [1.29, 1.82) is 0 Å². The van der Waals surface area contributed by atoms with Crippen LogP contribution < -0.4 is 0 Å². The summed E-state index contributed by atoms with van der Waals surface area (Å²) in [6.07, 6.45) is 3.83. The molecule has 0 radical (unpaired) electrons. The molecule has 0 spiro atoms. The average Bonchev–Trinajstić information content (AvgIpc) is 2.60. The van der Waals surface area contributed by atoms with Crippen molar-refractivity contribution in [2.75, 3.05) is 7.05 Å². The van der Waals surface area contributed by atoms with Crippen LogP contribution in [0.25, 0.3) is 6.08 Å². The van der Waals surface area contributed by atoms with Gasteiger partial charge in [0.1, 0.15) is 0 Å². The molecule has 0 heterocycles. The van der Waals surface area contributed by atoms with E-state index >= 15 is 0 Å². The Morgan fingerprint density at radius 2 is 1.75 bits per heavy atom. The molecule has 0 N–H and O–H groups in total. The number of hydrogen-bond donors (Lipinski definition) is 0. The van der Waals surface area contributed by atoms with Gasteiger partial charge < -0.3 is 4.90 Å². The van der Waals surface area contributed by atoms with Crippen LogP contribution in [-0.4, -0.2) is 22.8 Å². The van der Waals surface area contributed by atoms with Crippen molar-refractivity contribution in [2.24, 2.45) is 0 Å². The Morgan fingerprint density at radius 3 is 2.38 bits per heavy atom. The third kappa shape index (κ3) is 4.52. The molecule has 2 aromatic carbocycles. The smallest absolute Gasteiger partial charge is 0.276 e. The van der Waals surface area contributed by atoms with Gasteiger partial charge in [0.15, 0.2) is 0 Å². The van der Waals surface area contributed by atoms with Gasteiger partial charge in [-0.25, -0.2) is 0 Å². The Kier molecular flexibility index (Phi) is 5.84. The van der Waals surface area contributed by atoms with E-state index in [9.17, 15) is 14.9 Å². The van der Waals surface area contributed by atoms with E-state index in [1.54, 1.807) is 30.1 Å². The number of hydrogen-bond acceptors (Lipinski definition) is 3. The van der Waals surface area contributed by atoms with Gasteiger partial charge in [-0.2, -0.15) is 0 Å². The Bertz CT molecular complexity index is 751. The first kappa shape index (κ1) is 17.4. The van der Waals surface area contributed by atoms with E-state index in [0.29, 0.717) is 12.1 Å². The van der Waals surface area contributed by atoms with Gasteiger partial charge >= 0.3 is 0 Å². The highest BCUT2D eigenvalue weighted by atomic mass is 16.6. The van der Waals surface area contributed by atoms with E-state index in [4.69, 9.17) is 0 Å².